The minimum atomic E-state index is -0.0852. The smallest absolute Gasteiger partial charge is 0.0476 e. The van der Waals surface area contributed by atoms with Gasteiger partial charge in [-0.3, -0.25) is 0 Å². The molecule has 0 fully saturated rings. The minimum absolute atomic E-state index is 0.0852. The zero-order valence-corrected chi connectivity index (χ0v) is 36.0. The maximum atomic E-state index is 2.43. The van der Waals surface area contributed by atoms with Gasteiger partial charge in [0.25, 0.3) is 0 Å². The Morgan fingerprint density at radius 3 is 1.52 bits per heavy atom. The molecular formula is C61H43NS. The van der Waals surface area contributed by atoms with Crippen LogP contribution in [0.2, 0.25) is 0 Å². The van der Waals surface area contributed by atoms with E-state index in [1.165, 1.54) is 103 Å². The van der Waals surface area contributed by atoms with Crippen molar-refractivity contribution in [2.75, 3.05) is 4.90 Å². The molecule has 1 heterocycles. The molecule has 0 unspecified atom stereocenters. The van der Waals surface area contributed by atoms with Crippen molar-refractivity contribution >= 4 is 59.3 Å². The summed E-state index contributed by atoms with van der Waals surface area (Å²) in [6.07, 6.45) is 0. The summed E-state index contributed by atoms with van der Waals surface area (Å²) in [5, 5.41) is 5.15. The number of hydrogen-bond acceptors (Lipinski definition) is 2. The van der Waals surface area contributed by atoms with Crippen LogP contribution >= 0.6 is 11.3 Å². The van der Waals surface area contributed by atoms with Gasteiger partial charge in [0, 0.05) is 48.0 Å². The van der Waals surface area contributed by atoms with Gasteiger partial charge in [-0.05, 0) is 133 Å². The molecule has 2 heteroatoms. The molecule has 10 aromatic carbocycles. The zero-order chi connectivity index (χ0) is 42.1. The fourth-order valence-corrected chi connectivity index (χ4v) is 11.3. The molecule has 298 valence electrons. The number of nitrogens with zero attached hydrogens (tertiary/aromatic N) is 1. The lowest BCUT2D eigenvalue weighted by Gasteiger charge is -2.28. The van der Waals surface area contributed by atoms with E-state index in [-0.39, 0.29) is 5.41 Å². The van der Waals surface area contributed by atoms with Crippen molar-refractivity contribution in [2.45, 2.75) is 19.3 Å². The van der Waals surface area contributed by atoms with Gasteiger partial charge in [-0.25, -0.2) is 0 Å². The van der Waals surface area contributed by atoms with Crippen molar-refractivity contribution < 1.29 is 0 Å². The molecule has 0 spiro atoms. The summed E-state index contributed by atoms with van der Waals surface area (Å²) in [6, 6.07) is 82.7. The topological polar surface area (TPSA) is 3.24 Å². The van der Waals surface area contributed by atoms with Crippen molar-refractivity contribution in [3.63, 3.8) is 0 Å². The first-order valence-corrected chi connectivity index (χ1v) is 22.6. The van der Waals surface area contributed by atoms with E-state index in [4.69, 9.17) is 0 Å². The summed E-state index contributed by atoms with van der Waals surface area (Å²) in [5.74, 6) is 0. The van der Waals surface area contributed by atoms with E-state index in [2.05, 4.69) is 243 Å². The number of anilines is 3. The molecule has 0 atom stereocenters. The first-order chi connectivity index (χ1) is 31.0. The van der Waals surface area contributed by atoms with E-state index >= 15 is 0 Å². The van der Waals surface area contributed by atoms with Crippen molar-refractivity contribution in [2.24, 2.45) is 0 Å². The summed E-state index contributed by atoms with van der Waals surface area (Å²) in [7, 11) is 0. The lowest BCUT2D eigenvalue weighted by molar-refractivity contribution is 0.660. The summed E-state index contributed by atoms with van der Waals surface area (Å²) < 4.78 is 2.61. The third-order valence-corrected chi connectivity index (χ3v) is 14.4. The molecule has 12 rings (SSSR count). The van der Waals surface area contributed by atoms with Crippen molar-refractivity contribution in [1.82, 2.24) is 0 Å². The molecule has 1 aliphatic carbocycles. The van der Waals surface area contributed by atoms with Crippen LogP contribution in [0.4, 0.5) is 17.1 Å². The van der Waals surface area contributed by atoms with Gasteiger partial charge < -0.3 is 4.90 Å². The van der Waals surface area contributed by atoms with E-state index in [1.54, 1.807) is 0 Å². The average molecular weight is 822 g/mol. The van der Waals surface area contributed by atoms with Gasteiger partial charge in [0.15, 0.2) is 0 Å². The van der Waals surface area contributed by atoms with E-state index in [9.17, 15) is 0 Å². The van der Waals surface area contributed by atoms with Gasteiger partial charge in [-0.15, -0.1) is 11.3 Å². The Kier molecular flexibility index (Phi) is 8.77. The molecule has 0 saturated carbocycles. The Morgan fingerprint density at radius 1 is 0.317 bits per heavy atom. The third kappa shape index (κ3) is 6.29. The van der Waals surface area contributed by atoms with Crippen LogP contribution in [0, 0.1) is 0 Å². The second kappa shape index (κ2) is 14.8. The van der Waals surface area contributed by atoms with Crippen LogP contribution in [0.15, 0.2) is 224 Å². The van der Waals surface area contributed by atoms with Gasteiger partial charge in [-0.2, -0.15) is 0 Å². The van der Waals surface area contributed by atoms with Crippen LogP contribution in [-0.4, -0.2) is 0 Å². The lowest BCUT2D eigenvalue weighted by atomic mass is 9.82. The van der Waals surface area contributed by atoms with Crippen LogP contribution in [0.1, 0.15) is 25.0 Å². The molecule has 0 aliphatic heterocycles. The standard InChI is InChI=1S/C61H43NS/c1-61(2)57-25-15-14-23-51(57)52-32-30-48(37-58(52)61)62(47-20-10-5-11-21-47)49-31-33-53-56-39-55(50-22-12-13-24-54(50)60(56)63-59(53)38-49)43-28-26-42(27-29-43)46-35-44(40-16-6-3-7-17-40)34-45(36-46)41-18-8-4-9-19-41/h3-39H,1-2H3. The Bertz CT molecular complexity index is 3450. The molecule has 0 N–H and O–H groups in total. The summed E-state index contributed by atoms with van der Waals surface area (Å²) in [6.45, 7) is 4.72. The minimum Gasteiger partial charge on any atom is -0.310 e. The van der Waals surface area contributed by atoms with E-state index < -0.39 is 0 Å². The highest BCUT2D eigenvalue weighted by Gasteiger charge is 2.35. The van der Waals surface area contributed by atoms with Crippen LogP contribution < -0.4 is 4.90 Å². The number of fused-ring (bicyclic) bond motifs is 8. The lowest BCUT2D eigenvalue weighted by Crippen LogP contribution is -2.16. The highest BCUT2D eigenvalue weighted by molar-refractivity contribution is 7.26. The fourth-order valence-electron chi connectivity index (χ4n) is 10.1. The van der Waals surface area contributed by atoms with Gasteiger partial charge >= 0.3 is 0 Å². The van der Waals surface area contributed by atoms with E-state index in [0.29, 0.717) is 0 Å². The quantitative estimate of drug-likeness (QED) is 0.155. The molecule has 63 heavy (non-hydrogen) atoms. The maximum absolute atomic E-state index is 2.43. The molecule has 1 aliphatic rings. The molecule has 1 nitrogen and oxygen atoms in total. The summed E-state index contributed by atoms with van der Waals surface area (Å²) in [5.41, 5.74) is 18.6. The first kappa shape index (κ1) is 37.3. The number of para-hydroxylation sites is 1. The van der Waals surface area contributed by atoms with Crippen LogP contribution in [-0.2, 0) is 5.41 Å². The van der Waals surface area contributed by atoms with Crippen molar-refractivity contribution in [1.29, 1.82) is 0 Å². The predicted molar refractivity (Wildman–Crippen MR) is 271 cm³/mol. The molecule has 0 saturated heterocycles. The number of benzene rings is 10. The van der Waals surface area contributed by atoms with Gasteiger partial charge in [0.2, 0.25) is 0 Å². The highest BCUT2D eigenvalue weighted by atomic mass is 32.1. The molecule has 0 bridgehead atoms. The van der Waals surface area contributed by atoms with Crippen LogP contribution in [0.5, 0.6) is 0 Å². The second-order valence-corrected chi connectivity index (χ2v) is 18.4. The van der Waals surface area contributed by atoms with E-state index in [1.807, 2.05) is 11.3 Å². The van der Waals surface area contributed by atoms with Crippen molar-refractivity contribution in [3.8, 4) is 55.6 Å². The van der Waals surface area contributed by atoms with Gasteiger partial charge in [-0.1, -0.05) is 178 Å². The number of rotatable bonds is 7. The highest BCUT2D eigenvalue weighted by Crippen LogP contribution is 2.51. The predicted octanol–water partition coefficient (Wildman–Crippen LogP) is 17.7. The second-order valence-electron chi connectivity index (χ2n) is 17.3. The SMILES string of the molecule is CC1(C)c2ccccc2-c2ccc(N(c3ccccc3)c3ccc4c(c3)sc3c5ccccc5c(-c5ccc(-c6cc(-c7ccccc7)cc(-c7ccccc7)c6)cc5)cc43)cc21. The number of hydrogen-bond donors (Lipinski definition) is 0. The van der Waals surface area contributed by atoms with Crippen LogP contribution in [0.25, 0.3) is 86.6 Å². The third-order valence-electron chi connectivity index (χ3n) is 13.2. The Hall–Kier alpha value is -7.52. The Morgan fingerprint density at radius 2 is 0.841 bits per heavy atom. The maximum Gasteiger partial charge on any atom is 0.0476 e. The normalized spacial score (nSPS) is 12.7. The zero-order valence-electron chi connectivity index (χ0n) is 35.2. The molecule has 1 aromatic heterocycles. The molecule has 0 amide bonds. The summed E-state index contributed by atoms with van der Waals surface area (Å²) in [4.78, 5) is 2.42. The van der Waals surface area contributed by atoms with Gasteiger partial charge in [0.05, 0.1) is 0 Å². The summed E-state index contributed by atoms with van der Waals surface area (Å²) >= 11 is 1.90. The average Bonchev–Trinajstić information content (AvgIpc) is 3.83. The molecular weight excluding hydrogens is 779 g/mol. The fraction of sp³-hybridized carbons (Fsp3) is 0.0492. The monoisotopic (exact) mass is 821 g/mol. The van der Waals surface area contributed by atoms with E-state index in [0.717, 1.165) is 11.4 Å². The Labute approximate surface area is 372 Å². The van der Waals surface area contributed by atoms with Crippen molar-refractivity contribution in [3.05, 3.63) is 236 Å². The molecule has 0 radical (unpaired) electrons. The van der Waals surface area contributed by atoms with Gasteiger partial charge in [0.1, 0.15) is 0 Å². The molecule has 11 aromatic rings. The Balaban J connectivity index is 0.955. The first-order valence-electron chi connectivity index (χ1n) is 21.8. The van der Waals surface area contributed by atoms with Crippen LogP contribution in [0.3, 0.4) is 0 Å². The largest absolute Gasteiger partial charge is 0.310 e. The number of thiophene rings is 1.